The summed E-state index contributed by atoms with van der Waals surface area (Å²) in [7, 11) is -4.67. The molecular weight excluding hydrogens is 255 g/mol. The summed E-state index contributed by atoms with van der Waals surface area (Å²) in [6.45, 7) is 4.03. The van der Waals surface area contributed by atoms with Gasteiger partial charge in [0.05, 0.1) is 0 Å². The van der Waals surface area contributed by atoms with E-state index in [0.717, 1.165) is 12.8 Å². The van der Waals surface area contributed by atoms with Crippen molar-refractivity contribution in [2.24, 2.45) is 0 Å². The second-order valence-corrected chi connectivity index (χ2v) is 4.27. The van der Waals surface area contributed by atoms with E-state index in [4.69, 9.17) is 22.6 Å². The fourth-order valence-electron chi connectivity index (χ4n) is 1.11. The molecule has 0 saturated carbocycles. The average molecular weight is 278 g/mol. The van der Waals surface area contributed by atoms with Crippen molar-refractivity contribution in [3.8, 4) is 0 Å². The first-order chi connectivity index (χ1) is 7.41. The Morgan fingerprint density at radius 3 is 1.71 bits per heavy atom. The monoisotopic (exact) mass is 278 g/mol. The third kappa shape index (κ3) is 47.9. The maximum Gasteiger partial charge on any atom is 1.00 e. The zero-order chi connectivity index (χ0) is 12.9. The van der Waals surface area contributed by atoms with Crippen molar-refractivity contribution in [1.82, 2.24) is 0 Å². The molecule has 17 heavy (non-hydrogen) atoms. The van der Waals surface area contributed by atoms with E-state index in [1.54, 1.807) is 0 Å². The van der Waals surface area contributed by atoms with Gasteiger partial charge in [-0.15, -0.1) is 6.58 Å². The van der Waals surface area contributed by atoms with Gasteiger partial charge in [0.1, 0.15) is 0 Å². The van der Waals surface area contributed by atoms with Crippen molar-refractivity contribution in [2.75, 3.05) is 6.61 Å². The summed E-state index contributed by atoms with van der Waals surface area (Å²) >= 11 is 0. The van der Waals surface area contributed by atoms with Crippen LogP contribution in [-0.2, 0) is 10.4 Å². The van der Waals surface area contributed by atoms with Gasteiger partial charge in [-0.1, -0.05) is 31.8 Å². The first kappa shape index (κ1) is 22.7. The van der Waals surface area contributed by atoms with Gasteiger partial charge in [0.2, 0.25) is 0 Å². The Bertz CT molecular complexity index is 239. The Morgan fingerprint density at radius 1 is 1.00 bits per heavy atom. The van der Waals surface area contributed by atoms with Gasteiger partial charge in [0, 0.05) is 6.61 Å². The minimum absolute atomic E-state index is 0. The quantitative estimate of drug-likeness (QED) is 0.238. The zero-order valence-electron chi connectivity index (χ0n) is 11.5. The number of rotatable bonds is 8. The van der Waals surface area contributed by atoms with Gasteiger partial charge < -0.3 is 6.53 Å². The fraction of sp³-hybridized carbons (Fsp3) is 0.800. The van der Waals surface area contributed by atoms with E-state index in [2.05, 4.69) is 6.58 Å². The van der Waals surface area contributed by atoms with Crippen molar-refractivity contribution in [3.63, 3.8) is 0 Å². The molecule has 0 atom stereocenters. The van der Waals surface area contributed by atoms with Crippen LogP contribution in [0.5, 0.6) is 0 Å². The van der Waals surface area contributed by atoms with Crippen LogP contribution in [0.3, 0.4) is 0 Å². The molecule has 0 aromatic rings. The van der Waals surface area contributed by atoms with Crippen LogP contribution in [0.4, 0.5) is 0 Å². The SMILES string of the molecule is C=CCCCCCCCCO.O=S(=O)(O)O.[H-].[Na+]. The Labute approximate surface area is 128 Å². The normalized spacial score (nSPS) is 9.82. The number of allylic oxidation sites excluding steroid dienone is 1. The number of aliphatic hydroxyl groups is 1. The molecule has 0 bridgehead atoms. The summed E-state index contributed by atoms with van der Waals surface area (Å²) in [4.78, 5) is 0. The minimum atomic E-state index is -4.67. The molecule has 0 heterocycles. The number of unbranched alkanes of at least 4 members (excludes halogenated alkanes) is 6. The van der Waals surface area contributed by atoms with Crippen LogP contribution >= 0.6 is 0 Å². The average Bonchev–Trinajstić information content (AvgIpc) is 2.14. The standard InChI is InChI=1S/C10H20O.Na.H2O4S.H/c1-2-3-4-5-6-7-8-9-10-11;;1-5(2,3)4;/h2,11H,1,3-10H2;;(H2,1,2,3,4);/q;+1;;-1. The number of hydrogen-bond acceptors (Lipinski definition) is 3. The van der Waals surface area contributed by atoms with E-state index >= 15 is 0 Å². The Balaban J connectivity index is -0.000000122. The van der Waals surface area contributed by atoms with Crippen molar-refractivity contribution in [3.05, 3.63) is 12.7 Å². The second-order valence-electron chi connectivity index (χ2n) is 3.37. The minimum Gasteiger partial charge on any atom is -1.00 e. The van der Waals surface area contributed by atoms with E-state index in [9.17, 15) is 0 Å². The molecule has 0 rings (SSSR count). The number of hydrogen-bond donors (Lipinski definition) is 3. The van der Waals surface area contributed by atoms with Crippen molar-refractivity contribution in [2.45, 2.75) is 44.9 Å². The van der Waals surface area contributed by atoms with Crippen LogP contribution in [0.15, 0.2) is 12.7 Å². The first-order valence-corrected chi connectivity index (χ1v) is 6.73. The van der Waals surface area contributed by atoms with Crippen LogP contribution in [-0.4, -0.2) is 29.2 Å². The van der Waals surface area contributed by atoms with Crippen molar-refractivity contribution >= 4 is 10.4 Å². The molecule has 0 aliphatic heterocycles. The van der Waals surface area contributed by atoms with Crippen molar-refractivity contribution in [1.29, 1.82) is 0 Å². The largest absolute Gasteiger partial charge is 1.00 e. The molecule has 7 heteroatoms. The molecule has 0 unspecified atom stereocenters. The van der Waals surface area contributed by atoms with E-state index in [1.807, 2.05) is 6.08 Å². The first-order valence-electron chi connectivity index (χ1n) is 5.33. The summed E-state index contributed by atoms with van der Waals surface area (Å²) in [6.07, 6.45) is 10.5. The third-order valence-electron chi connectivity index (χ3n) is 1.82. The smallest absolute Gasteiger partial charge is 1.00 e. The second kappa shape index (κ2) is 16.6. The molecule has 0 aromatic heterocycles. The van der Waals surface area contributed by atoms with Gasteiger partial charge in [-0.05, 0) is 19.3 Å². The maximum atomic E-state index is 8.74. The van der Waals surface area contributed by atoms with Gasteiger partial charge in [0.15, 0.2) is 0 Å². The van der Waals surface area contributed by atoms with Gasteiger partial charge in [-0.3, -0.25) is 9.11 Å². The Hall–Kier alpha value is 0.570. The molecule has 100 valence electrons. The predicted molar refractivity (Wildman–Crippen MR) is 64.9 cm³/mol. The predicted octanol–water partition coefficient (Wildman–Crippen LogP) is -0.641. The summed E-state index contributed by atoms with van der Waals surface area (Å²) in [5.41, 5.74) is 0. The van der Waals surface area contributed by atoms with Crippen LogP contribution < -0.4 is 29.6 Å². The van der Waals surface area contributed by atoms with Gasteiger partial charge in [-0.2, -0.15) is 8.42 Å². The van der Waals surface area contributed by atoms with E-state index in [-0.39, 0.29) is 31.0 Å². The van der Waals surface area contributed by atoms with E-state index in [0.29, 0.717) is 6.61 Å². The summed E-state index contributed by atoms with van der Waals surface area (Å²) < 4.78 is 31.6. The summed E-state index contributed by atoms with van der Waals surface area (Å²) in [5.74, 6) is 0. The zero-order valence-corrected chi connectivity index (χ0v) is 13.3. The van der Waals surface area contributed by atoms with E-state index < -0.39 is 10.4 Å². The molecule has 3 N–H and O–H groups in total. The Morgan fingerprint density at radius 2 is 1.35 bits per heavy atom. The molecule has 0 spiro atoms. The molecule has 0 aromatic carbocycles. The molecule has 0 radical (unpaired) electrons. The van der Waals surface area contributed by atoms with E-state index in [1.165, 1.54) is 32.1 Å². The molecule has 0 saturated heterocycles. The topological polar surface area (TPSA) is 94.8 Å². The Kier molecular flexibility index (Phi) is 22.1. The molecule has 0 fully saturated rings. The number of aliphatic hydroxyl groups excluding tert-OH is 1. The van der Waals surface area contributed by atoms with Gasteiger partial charge >= 0.3 is 40.0 Å². The van der Waals surface area contributed by atoms with Gasteiger partial charge in [0.25, 0.3) is 0 Å². The summed E-state index contributed by atoms with van der Waals surface area (Å²) in [6, 6.07) is 0. The molecule has 0 amide bonds. The fourth-order valence-corrected chi connectivity index (χ4v) is 1.11. The molecule has 5 nitrogen and oxygen atoms in total. The third-order valence-corrected chi connectivity index (χ3v) is 1.82. The van der Waals surface area contributed by atoms with Crippen LogP contribution in [0.25, 0.3) is 0 Å². The summed E-state index contributed by atoms with van der Waals surface area (Å²) in [5, 5.41) is 8.49. The van der Waals surface area contributed by atoms with Gasteiger partial charge in [-0.25, -0.2) is 0 Å². The maximum absolute atomic E-state index is 8.74. The van der Waals surface area contributed by atoms with Crippen LogP contribution in [0.2, 0.25) is 0 Å². The van der Waals surface area contributed by atoms with Crippen LogP contribution in [0.1, 0.15) is 46.4 Å². The van der Waals surface area contributed by atoms with Crippen molar-refractivity contribution < 1.29 is 53.6 Å². The van der Waals surface area contributed by atoms with Crippen LogP contribution in [0, 0.1) is 0 Å². The molecular formula is C10H23NaO5S. The molecule has 0 aliphatic rings. The molecule has 0 aliphatic carbocycles.